The van der Waals surface area contributed by atoms with Crippen LogP contribution in [0, 0.1) is 0 Å². The molecule has 0 spiro atoms. The number of nitrogens with zero attached hydrogens (tertiary/aromatic N) is 4. The standard InChI is InChI=1S/C25H25F3N4O3S/c26-25(27,28)35-21-8-6-17(7-9-21)19-14-20(16-32(15-19)24(33)31-10-12-34-13-11-31)23-30-29-22(36-23)18-4-2-1-3-5-18/h1-9,19-20H,10-16H2. The molecule has 2 aliphatic rings. The first kappa shape index (κ1) is 24.5. The SMILES string of the molecule is O=C(N1CCOCC1)N1CC(c2ccc(OC(F)(F)F)cc2)CC(c2nnc(-c3ccccc3)s2)C1. The summed E-state index contributed by atoms with van der Waals surface area (Å²) in [6, 6.07) is 15.7. The van der Waals surface area contributed by atoms with Crippen LogP contribution in [0.1, 0.15) is 28.8 Å². The highest BCUT2D eigenvalue weighted by Gasteiger charge is 2.36. The number of morpholine rings is 1. The van der Waals surface area contributed by atoms with Crippen LogP contribution < -0.4 is 4.74 Å². The highest BCUT2D eigenvalue weighted by Crippen LogP contribution is 2.39. The lowest BCUT2D eigenvalue weighted by molar-refractivity contribution is -0.274. The van der Waals surface area contributed by atoms with Crippen molar-refractivity contribution in [3.63, 3.8) is 0 Å². The summed E-state index contributed by atoms with van der Waals surface area (Å²) in [7, 11) is 0. The molecule has 7 nitrogen and oxygen atoms in total. The van der Waals surface area contributed by atoms with Crippen molar-refractivity contribution in [2.45, 2.75) is 24.6 Å². The Balaban J connectivity index is 1.39. The van der Waals surface area contributed by atoms with Gasteiger partial charge in [-0.25, -0.2) is 4.79 Å². The topological polar surface area (TPSA) is 67.8 Å². The minimum Gasteiger partial charge on any atom is -0.406 e. The van der Waals surface area contributed by atoms with Crippen LogP contribution >= 0.6 is 11.3 Å². The number of urea groups is 1. The van der Waals surface area contributed by atoms with E-state index in [0.29, 0.717) is 45.8 Å². The second kappa shape index (κ2) is 10.4. The Bertz CT molecular complexity index is 1170. The van der Waals surface area contributed by atoms with Gasteiger partial charge in [0.2, 0.25) is 0 Å². The lowest BCUT2D eigenvalue weighted by atomic mass is 9.85. The summed E-state index contributed by atoms with van der Waals surface area (Å²) in [6.45, 7) is 3.05. The number of hydrogen-bond donors (Lipinski definition) is 0. The molecule has 2 atom stereocenters. The Kier molecular flexibility index (Phi) is 7.10. The van der Waals surface area contributed by atoms with E-state index in [0.717, 1.165) is 21.1 Å². The van der Waals surface area contributed by atoms with E-state index < -0.39 is 6.36 Å². The van der Waals surface area contributed by atoms with E-state index in [1.807, 2.05) is 35.2 Å². The van der Waals surface area contributed by atoms with Crippen molar-refractivity contribution in [1.82, 2.24) is 20.0 Å². The van der Waals surface area contributed by atoms with Crippen LogP contribution in [0.2, 0.25) is 0 Å². The van der Waals surface area contributed by atoms with Gasteiger partial charge < -0.3 is 19.3 Å². The van der Waals surface area contributed by atoms with Gasteiger partial charge in [-0.3, -0.25) is 0 Å². The molecular formula is C25H25F3N4O3S. The lowest BCUT2D eigenvalue weighted by Crippen LogP contribution is -2.52. The zero-order valence-electron chi connectivity index (χ0n) is 19.4. The molecule has 190 valence electrons. The van der Waals surface area contributed by atoms with E-state index in [4.69, 9.17) is 4.74 Å². The maximum absolute atomic E-state index is 13.4. The first-order chi connectivity index (χ1) is 17.4. The number of amides is 2. The number of rotatable bonds is 4. The average molecular weight is 519 g/mol. The van der Waals surface area contributed by atoms with E-state index in [1.54, 1.807) is 17.0 Å². The highest BCUT2D eigenvalue weighted by atomic mass is 32.1. The van der Waals surface area contributed by atoms with Gasteiger partial charge in [-0.05, 0) is 24.1 Å². The van der Waals surface area contributed by atoms with Crippen LogP contribution in [0.5, 0.6) is 5.75 Å². The van der Waals surface area contributed by atoms with Gasteiger partial charge in [-0.15, -0.1) is 23.4 Å². The van der Waals surface area contributed by atoms with Crippen molar-refractivity contribution < 1.29 is 27.4 Å². The predicted molar refractivity (Wildman–Crippen MR) is 128 cm³/mol. The van der Waals surface area contributed by atoms with Crippen molar-refractivity contribution in [1.29, 1.82) is 0 Å². The largest absolute Gasteiger partial charge is 0.573 e. The minimum absolute atomic E-state index is 0.0465. The van der Waals surface area contributed by atoms with Gasteiger partial charge in [-0.2, -0.15) is 0 Å². The summed E-state index contributed by atoms with van der Waals surface area (Å²) in [5, 5.41) is 10.5. The van der Waals surface area contributed by atoms with Gasteiger partial charge in [0.25, 0.3) is 0 Å². The molecule has 0 radical (unpaired) electrons. The third-order valence-electron chi connectivity index (χ3n) is 6.40. The lowest BCUT2D eigenvalue weighted by Gasteiger charge is -2.40. The summed E-state index contributed by atoms with van der Waals surface area (Å²) >= 11 is 1.51. The van der Waals surface area contributed by atoms with Gasteiger partial charge in [0.1, 0.15) is 15.8 Å². The number of hydrogen-bond acceptors (Lipinski definition) is 6. The normalized spacial score (nSPS) is 20.9. The molecule has 0 bridgehead atoms. The number of halogens is 3. The highest BCUT2D eigenvalue weighted by molar-refractivity contribution is 7.14. The molecule has 1 aromatic heterocycles. The summed E-state index contributed by atoms with van der Waals surface area (Å²) < 4.78 is 47.2. The van der Waals surface area contributed by atoms with Crippen molar-refractivity contribution in [2.24, 2.45) is 0 Å². The van der Waals surface area contributed by atoms with Crippen LogP contribution in [-0.4, -0.2) is 71.8 Å². The van der Waals surface area contributed by atoms with Crippen molar-refractivity contribution in [3.8, 4) is 16.3 Å². The predicted octanol–water partition coefficient (Wildman–Crippen LogP) is 5.13. The van der Waals surface area contributed by atoms with Gasteiger partial charge in [0.05, 0.1) is 13.2 Å². The molecule has 3 heterocycles. The third-order valence-corrected chi connectivity index (χ3v) is 7.53. The molecular weight excluding hydrogens is 493 g/mol. The molecule has 11 heteroatoms. The number of carbonyl (C=O) groups excluding carboxylic acids is 1. The quantitative estimate of drug-likeness (QED) is 0.479. The Morgan fingerprint density at radius 1 is 0.944 bits per heavy atom. The van der Waals surface area contributed by atoms with Gasteiger partial charge in [-0.1, -0.05) is 53.8 Å². The molecule has 2 aliphatic heterocycles. The zero-order chi connectivity index (χ0) is 25.1. The second-order valence-corrected chi connectivity index (χ2v) is 9.85. The maximum Gasteiger partial charge on any atom is 0.573 e. The number of ether oxygens (including phenoxy) is 2. The van der Waals surface area contributed by atoms with Crippen LogP contribution in [0.15, 0.2) is 54.6 Å². The summed E-state index contributed by atoms with van der Waals surface area (Å²) in [5.41, 5.74) is 1.83. The molecule has 0 aliphatic carbocycles. The molecule has 3 aromatic rings. The smallest absolute Gasteiger partial charge is 0.406 e. The van der Waals surface area contributed by atoms with Crippen LogP contribution in [-0.2, 0) is 4.74 Å². The molecule has 0 saturated carbocycles. The number of likely N-dealkylation sites (tertiary alicyclic amines) is 1. The Morgan fingerprint density at radius 2 is 1.64 bits per heavy atom. The fourth-order valence-corrected chi connectivity index (χ4v) is 5.62. The number of aromatic nitrogens is 2. The fraction of sp³-hybridized carbons (Fsp3) is 0.400. The van der Waals surface area contributed by atoms with Gasteiger partial charge in [0, 0.05) is 43.6 Å². The molecule has 2 amide bonds. The number of carbonyl (C=O) groups is 1. The summed E-state index contributed by atoms with van der Waals surface area (Å²) in [5.74, 6) is -0.385. The fourth-order valence-electron chi connectivity index (χ4n) is 4.67. The average Bonchev–Trinajstić information content (AvgIpc) is 3.39. The van der Waals surface area contributed by atoms with E-state index in [2.05, 4.69) is 14.9 Å². The molecule has 0 N–H and O–H groups in total. The van der Waals surface area contributed by atoms with E-state index in [-0.39, 0.29) is 23.6 Å². The Hall–Kier alpha value is -3.18. The van der Waals surface area contributed by atoms with Crippen molar-refractivity contribution in [3.05, 3.63) is 65.2 Å². The maximum atomic E-state index is 13.4. The van der Waals surface area contributed by atoms with Crippen LogP contribution in [0.4, 0.5) is 18.0 Å². The molecule has 2 unspecified atom stereocenters. The number of alkyl halides is 3. The minimum atomic E-state index is -4.74. The summed E-state index contributed by atoms with van der Waals surface area (Å²) in [6.07, 6.45) is -4.04. The van der Waals surface area contributed by atoms with E-state index in [9.17, 15) is 18.0 Å². The number of piperidine rings is 1. The van der Waals surface area contributed by atoms with Crippen LogP contribution in [0.25, 0.3) is 10.6 Å². The number of benzene rings is 2. The zero-order valence-corrected chi connectivity index (χ0v) is 20.2. The van der Waals surface area contributed by atoms with Gasteiger partial charge >= 0.3 is 12.4 Å². The summed E-state index contributed by atoms with van der Waals surface area (Å²) in [4.78, 5) is 17.0. The van der Waals surface area contributed by atoms with Crippen molar-refractivity contribution in [2.75, 3.05) is 39.4 Å². The van der Waals surface area contributed by atoms with Gasteiger partial charge in [0.15, 0.2) is 0 Å². The molecule has 2 saturated heterocycles. The first-order valence-corrected chi connectivity index (χ1v) is 12.5. The Labute approximate surface area is 210 Å². The molecule has 2 aromatic carbocycles. The van der Waals surface area contributed by atoms with E-state index in [1.165, 1.54) is 23.5 Å². The van der Waals surface area contributed by atoms with E-state index >= 15 is 0 Å². The second-order valence-electron chi connectivity index (χ2n) is 8.84. The monoisotopic (exact) mass is 518 g/mol. The van der Waals surface area contributed by atoms with Crippen LogP contribution in [0.3, 0.4) is 0 Å². The van der Waals surface area contributed by atoms with Crippen molar-refractivity contribution >= 4 is 17.4 Å². The first-order valence-electron chi connectivity index (χ1n) is 11.7. The molecule has 36 heavy (non-hydrogen) atoms. The Morgan fingerprint density at radius 3 is 2.33 bits per heavy atom. The molecule has 5 rings (SSSR count). The molecule has 2 fully saturated rings. The third kappa shape index (κ3) is 5.79.